The first-order valence-corrected chi connectivity index (χ1v) is 10.2. The molecule has 0 saturated carbocycles. The summed E-state index contributed by atoms with van der Waals surface area (Å²) in [5.74, 6) is 1.49. The Hall–Kier alpha value is -3.41. The lowest BCUT2D eigenvalue weighted by Crippen LogP contribution is -2.37. The third-order valence-electron chi connectivity index (χ3n) is 5.34. The third-order valence-corrected chi connectivity index (χ3v) is 5.34. The van der Waals surface area contributed by atoms with Crippen molar-refractivity contribution >= 4 is 17.6 Å². The van der Waals surface area contributed by atoms with Gasteiger partial charge in [0.15, 0.2) is 6.17 Å². The molecule has 6 heteroatoms. The minimum Gasteiger partial charge on any atom is -0.326 e. The summed E-state index contributed by atoms with van der Waals surface area (Å²) < 4.78 is 1.60. The second kappa shape index (κ2) is 7.78. The first-order valence-electron chi connectivity index (χ1n) is 10.2. The van der Waals surface area contributed by atoms with Crippen LogP contribution >= 0.6 is 0 Å². The number of hydrogen-bond acceptors (Lipinski definition) is 5. The number of aliphatic imine (C=N–C) groups is 1. The molecule has 154 valence electrons. The van der Waals surface area contributed by atoms with Crippen LogP contribution in [0, 0.1) is 20.8 Å². The highest BCUT2D eigenvalue weighted by molar-refractivity contribution is 6.04. The normalized spacial score (nSPS) is 15.4. The smallest absolute Gasteiger partial charge is 0.257 e. The van der Waals surface area contributed by atoms with Gasteiger partial charge in [-0.3, -0.25) is 14.7 Å². The van der Waals surface area contributed by atoms with Crippen LogP contribution in [0.25, 0.3) is 0 Å². The van der Waals surface area contributed by atoms with Crippen LogP contribution in [0.15, 0.2) is 58.3 Å². The molecule has 1 unspecified atom stereocenters. The zero-order valence-electron chi connectivity index (χ0n) is 18.0. The molecule has 0 saturated heterocycles. The number of nitrogens with one attached hydrogen (secondary N) is 2. The number of rotatable bonds is 3. The summed E-state index contributed by atoms with van der Waals surface area (Å²) in [7, 11) is 0. The SMILES string of the molecule is Cc1ccc(NC2=NC(c3ccc(C(C)C)cc3)n3c(nc(C)cc3=O)N2)c(C)c1. The molecule has 6 nitrogen and oxygen atoms in total. The highest BCUT2D eigenvalue weighted by Crippen LogP contribution is 2.27. The Morgan fingerprint density at radius 3 is 2.43 bits per heavy atom. The van der Waals surface area contributed by atoms with E-state index in [1.807, 2.05) is 25.1 Å². The molecule has 4 rings (SSSR count). The molecule has 2 N–H and O–H groups in total. The molecule has 2 aromatic carbocycles. The zero-order chi connectivity index (χ0) is 21.4. The van der Waals surface area contributed by atoms with Gasteiger partial charge in [-0.05, 0) is 49.4 Å². The van der Waals surface area contributed by atoms with Crippen molar-refractivity contribution in [1.29, 1.82) is 0 Å². The lowest BCUT2D eigenvalue weighted by molar-refractivity contribution is 0.577. The van der Waals surface area contributed by atoms with Crippen LogP contribution in [0.5, 0.6) is 0 Å². The van der Waals surface area contributed by atoms with Crippen LogP contribution < -0.4 is 16.2 Å². The van der Waals surface area contributed by atoms with E-state index in [1.54, 1.807) is 10.6 Å². The minimum absolute atomic E-state index is 0.128. The summed E-state index contributed by atoms with van der Waals surface area (Å²) in [5, 5.41) is 6.56. The van der Waals surface area contributed by atoms with E-state index < -0.39 is 6.17 Å². The van der Waals surface area contributed by atoms with Crippen LogP contribution in [0.2, 0.25) is 0 Å². The van der Waals surface area contributed by atoms with Gasteiger partial charge < -0.3 is 5.32 Å². The number of nitrogens with zero attached hydrogens (tertiary/aromatic N) is 3. The number of benzene rings is 2. The lowest BCUT2D eigenvalue weighted by atomic mass is 10.0. The van der Waals surface area contributed by atoms with Crippen molar-refractivity contribution in [2.45, 2.75) is 46.7 Å². The van der Waals surface area contributed by atoms with E-state index in [0.717, 1.165) is 16.8 Å². The summed E-state index contributed by atoms with van der Waals surface area (Å²) in [4.78, 5) is 22.2. The van der Waals surface area contributed by atoms with Gasteiger partial charge in [-0.15, -0.1) is 0 Å². The summed E-state index contributed by atoms with van der Waals surface area (Å²) in [5.41, 5.74) is 6.02. The van der Waals surface area contributed by atoms with Gasteiger partial charge in [0.25, 0.3) is 5.56 Å². The Balaban J connectivity index is 1.78. The topological polar surface area (TPSA) is 71.3 Å². The van der Waals surface area contributed by atoms with Gasteiger partial charge in [0, 0.05) is 17.4 Å². The Morgan fingerprint density at radius 2 is 1.77 bits per heavy atom. The molecule has 0 amide bonds. The number of hydrogen-bond donors (Lipinski definition) is 2. The van der Waals surface area contributed by atoms with Gasteiger partial charge in [0.2, 0.25) is 11.9 Å². The molecule has 0 radical (unpaired) electrons. The predicted molar refractivity (Wildman–Crippen MR) is 123 cm³/mol. The van der Waals surface area contributed by atoms with Gasteiger partial charge in [-0.25, -0.2) is 9.98 Å². The molecular formula is C24H27N5O. The predicted octanol–water partition coefficient (Wildman–Crippen LogP) is 4.73. The highest BCUT2D eigenvalue weighted by Gasteiger charge is 2.25. The van der Waals surface area contributed by atoms with Gasteiger partial charge in [0.1, 0.15) is 0 Å². The van der Waals surface area contributed by atoms with E-state index in [-0.39, 0.29) is 5.56 Å². The van der Waals surface area contributed by atoms with Crippen LogP contribution in [-0.4, -0.2) is 15.5 Å². The molecule has 1 atom stereocenters. The Kier molecular flexibility index (Phi) is 5.16. The second-order valence-electron chi connectivity index (χ2n) is 8.17. The Labute approximate surface area is 176 Å². The van der Waals surface area contributed by atoms with E-state index >= 15 is 0 Å². The molecule has 1 aliphatic rings. The quantitative estimate of drug-likeness (QED) is 0.665. The monoisotopic (exact) mass is 401 g/mol. The molecule has 3 aromatic rings. The van der Waals surface area contributed by atoms with Gasteiger partial charge in [0.05, 0.1) is 0 Å². The van der Waals surface area contributed by atoms with Gasteiger partial charge in [-0.2, -0.15) is 0 Å². The first-order chi connectivity index (χ1) is 14.3. The highest BCUT2D eigenvalue weighted by atomic mass is 16.1. The standard InChI is InChI=1S/C24H27N5O/c1-14(2)18-7-9-19(10-8-18)22-27-23(26-20-11-6-15(3)12-16(20)4)28-24-25-17(5)13-21(30)29(22)24/h6-14,22H,1-5H3,(H2,25,26,27,28). The van der Waals surface area contributed by atoms with E-state index in [0.29, 0.717) is 23.5 Å². The number of aromatic nitrogens is 2. The first kappa shape index (κ1) is 19.9. The summed E-state index contributed by atoms with van der Waals surface area (Å²) in [6.07, 6.45) is -0.490. The maximum Gasteiger partial charge on any atom is 0.257 e. The van der Waals surface area contributed by atoms with Crippen molar-refractivity contribution in [2.75, 3.05) is 10.6 Å². The molecule has 2 heterocycles. The molecule has 1 aromatic heterocycles. The van der Waals surface area contributed by atoms with Gasteiger partial charge >= 0.3 is 0 Å². The fourth-order valence-corrected chi connectivity index (χ4v) is 3.67. The summed E-state index contributed by atoms with van der Waals surface area (Å²) >= 11 is 0. The number of guanidine groups is 1. The van der Waals surface area contributed by atoms with Crippen LogP contribution in [-0.2, 0) is 0 Å². The van der Waals surface area contributed by atoms with Crippen LogP contribution in [0.1, 0.15) is 53.9 Å². The molecular weight excluding hydrogens is 374 g/mol. The average Bonchev–Trinajstić information content (AvgIpc) is 2.69. The summed E-state index contributed by atoms with van der Waals surface area (Å²) in [6.45, 7) is 10.3. The molecule has 0 spiro atoms. The zero-order valence-corrected chi connectivity index (χ0v) is 18.0. The molecule has 0 fully saturated rings. The van der Waals surface area contributed by atoms with Crippen molar-refractivity contribution in [3.8, 4) is 0 Å². The van der Waals surface area contributed by atoms with E-state index in [4.69, 9.17) is 4.99 Å². The molecule has 30 heavy (non-hydrogen) atoms. The number of anilines is 2. The van der Waals surface area contributed by atoms with Crippen molar-refractivity contribution in [3.05, 3.63) is 86.8 Å². The van der Waals surface area contributed by atoms with Crippen LogP contribution in [0.3, 0.4) is 0 Å². The van der Waals surface area contributed by atoms with E-state index in [2.05, 4.69) is 67.6 Å². The Bertz CT molecular complexity index is 1180. The minimum atomic E-state index is -0.490. The van der Waals surface area contributed by atoms with Crippen molar-refractivity contribution in [1.82, 2.24) is 9.55 Å². The number of fused-ring (bicyclic) bond motifs is 1. The van der Waals surface area contributed by atoms with Crippen molar-refractivity contribution in [2.24, 2.45) is 4.99 Å². The maximum absolute atomic E-state index is 12.8. The number of aryl methyl sites for hydroxylation is 3. The van der Waals surface area contributed by atoms with Crippen molar-refractivity contribution in [3.63, 3.8) is 0 Å². The second-order valence-corrected chi connectivity index (χ2v) is 8.17. The van der Waals surface area contributed by atoms with E-state index in [1.165, 1.54) is 11.1 Å². The van der Waals surface area contributed by atoms with Crippen molar-refractivity contribution < 1.29 is 0 Å². The van der Waals surface area contributed by atoms with Crippen LogP contribution in [0.4, 0.5) is 11.6 Å². The molecule has 0 aliphatic carbocycles. The summed E-state index contributed by atoms with van der Waals surface area (Å²) in [6, 6.07) is 16.0. The average molecular weight is 402 g/mol. The lowest BCUT2D eigenvalue weighted by Gasteiger charge is -2.27. The maximum atomic E-state index is 12.8. The third kappa shape index (κ3) is 3.85. The largest absolute Gasteiger partial charge is 0.326 e. The fourth-order valence-electron chi connectivity index (χ4n) is 3.67. The molecule has 0 bridgehead atoms. The van der Waals surface area contributed by atoms with E-state index in [9.17, 15) is 4.79 Å². The Morgan fingerprint density at radius 1 is 1.03 bits per heavy atom. The van der Waals surface area contributed by atoms with Gasteiger partial charge in [-0.1, -0.05) is 55.8 Å². The molecule has 1 aliphatic heterocycles. The fraction of sp³-hybridized carbons (Fsp3) is 0.292.